The summed E-state index contributed by atoms with van der Waals surface area (Å²) in [6.07, 6.45) is 1.58. The van der Waals surface area contributed by atoms with Crippen molar-refractivity contribution >= 4 is 5.97 Å². The predicted molar refractivity (Wildman–Crippen MR) is 81.4 cm³/mol. The molecule has 0 unspecified atom stereocenters. The molecule has 23 heavy (non-hydrogen) atoms. The second-order valence-electron chi connectivity index (χ2n) is 4.93. The van der Waals surface area contributed by atoms with Crippen molar-refractivity contribution < 1.29 is 24.3 Å². The zero-order valence-electron chi connectivity index (χ0n) is 12.2. The summed E-state index contributed by atoms with van der Waals surface area (Å²) in [5.41, 5.74) is 1.53. The molecule has 2 N–H and O–H groups in total. The summed E-state index contributed by atoms with van der Waals surface area (Å²) in [4.78, 5) is 12.2. The van der Waals surface area contributed by atoms with E-state index in [1.54, 1.807) is 30.5 Å². The predicted octanol–water partition coefficient (Wildman–Crippen LogP) is 3.28. The number of aryl methyl sites for hydroxylation is 1. The minimum Gasteiger partial charge on any atom is -0.504 e. The Labute approximate surface area is 131 Å². The first-order valence-electron chi connectivity index (χ1n) is 6.81. The molecular weight excluding hydrogens is 298 g/mol. The second-order valence-corrected chi connectivity index (χ2v) is 4.93. The first-order chi connectivity index (χ1) is 11.1. The smallest absolute Gasteiger partial charge is 0.343 e. The van der Waals surface area contributed by atoms with Crippen molar-refractivity contribution in [3.05, 3.63) is 59.8 Å². The molecule has 0 aliphatic heterocycles. The van der Waals surface area contributed by atoms with Gasteiger partial charge in [0.1, 0.15) is 5.75 Å². The van der Waals surface area contributed by atoms with Crippen LogP contribution in [0.2, 0.25) is 0 Å². The summed E-state index contributed by atoms with van der Waals surface area (Å²) < 4.78 is 10.6. The van der Waals surface area contributed by atoms with E-state index in [4.69, 9.17) is 9.26 Å². The number of hydrogen-bond acceptors (Lipinski definition) is 6. The Kier molecular flexibility index (Phi) is 3.72. The number of ether oxygens (including phenoxy) is 1. The van der Waals surface area contributed by atoms with E-state index in [0.717, 1.165) is 11.6 Å². The average molecular weight is 311 g/mol. The first kappa shape index (κ1) is 14.6. The van der Waals surface area contributed by atoms with Crippen molar-refractivity contribution in [2.24, 2.45) is 0 Å². The maximum Gasteiger partial charge on any atom is 0.343 e. The van der Waals surface area contributed by atoms with Crippen molar-refractivity contribution in [2.75, 3.05) is 0 Å². The highest BCUT2D eigenvalue weighted by Gasteiger charge is 2.17. The molecule has 1 aromatic heterocycles. The Morgan fingerprint density at radius 2 is 1.91 bits per heavy atom. The monoisotopic (exact) mass is 311 g/mol. The lowest BCUT2D eigenvalue weighted by molar-refractivity contribution is 0.0735. The van der Waals surface area contributed by atoms with Gasteiger partial charge in [0.05, 0.1) is 17.3 Å². The number of aromatic hydroxyl groups is 2. The van der Waals surface area contributed by atoms with Crippen LogP contribution in [0.5, 0.6) is 17.2 Å². The molecule has 0 radical (unpaired) electrons. The van der Waals surface area contributed by atoms with Crippen molar-refractivity contribution in [3.63, 3.8) is 0 Å². The molecular formula is C17H13NO5. The van der Waals surface area contributed by atoms with Crippen molar-refractivity contribution in [2.45, 2.75) is 6.92 Å². The van der Waals surface area contributed by atoms with E-state index in [9.17, 15) is 15.0 Å². The largest absolute Gasteiger partial charge is 0.504 e. The molecule has 0 atom stereocenters. The highest BCUT2D eigenvalue weighted by molar-refractivity contribution is 5.92. The number of carbonyl (C=O) groups is 1. The third-order valence-corrected chi connectivity index (χ3v) is 3.29. The van der Waals surface area contributed by atoms with Gasteiger partial charge in [-0.15, -0.1) is 0 Å². The lowest BCUT2D eigenvalue weighted by Gasteiger charge is -2.09. The van der Waals surface area contributed by atoms with Crippen LogP contribution in [0.15, 0.2) is 53.2 Å². The lowest BCUT2D eigenvalue weighted by atomic mass is 10.1. The number of rotatable bonds is 3. The molecule has 2 aromatic carbocycles. The maximum atomic E-state index is 12.2. The lowest BCUT2D eigenvalue weighted by Crippen LogP contribution is -2.09. The van der Waals surface area contributed by atoms with E-state index < -0.39 is 5.97 Å². The molecule has 0 fully saturated rings. The van der Waals surface area contributed by atoms with Crippen molar-refractivity contribution in [1.29, 1.82) is 0 Å². The molecule has 0 saturated carbocycles. The standard InChI is InChI=1S/C17H13NO5/c1-10-9-18-23-16(10)12-4-2-3-5-15(12)22-17(21)11-6-7-13(19)14(20)8-11/h2-9,19-20H,1H3. The van der Waals surface area contributed by atoms with E-state index in [-0.39, 0.29) is 17.1 Å². The molecule has 0 bridgehead atoms. The molecule has 116 valence electrons. The molecule has 0 amide bonds. The zero-order valence-corrected chi connectivity index (χ0v) is 12.2. The molecule has 3 rings (SSSR count). The first-order valence-corrected chi connectivity index (χ1v) is 6.81. The van der Waals surface area contributed by atoms with Gasteiger partial charge in [0.2, 0.25) is 0 Å². The van der Waals surface area contributed by atoms with Crippen LogP contribution in [-0.4, -0.2) is 21.3 Å². The van der Waals surface area contributed by atoms with Crippen LogP contribution >= 0.6 is 0 Å². The average Bonchev–Trinajstić information content (AvgIpc) is 2.96. The van der Waals surface area contributed by atoms with Gasteiger partial charge in [-0.05, 0) is 37.3 Å². The maximum absolute atomic E-state index is 12.2. The Hall–Kier alpha value is -3.28. The van der Waals surface area contributed by atoms with Gasteiger partial charge >= 0.3 is 5.97 Å². The number of hydrogen-bond donors (Lipinski definition) is 2. The van der Waals surface area contributed by atoms with Crippen LogP contribution in [0, 0.1) is 6.92 Å². The SMILES string of the molecule is Cc1cnoc1-c1ccccc1OC(=O)c1ccc(O)c(O)c1. The Morgan fingerprint density at radius 3 is 2.61 bits per heavy atom. The van der Waals surface area contributed by atoms with Crippen LogP contribution in [0.4, 0.5) is 0 Å². The van der Waals surface area contributed by atoms with Crippen LogP contribution in [-0.2, 0) is 0 Å². The number of phenols is 2. The molecule has 1 heterocycles. The Balaban J connectivity index is 1.93. The van der Waals surface area contributed by atoms with Crippen LogP contribution in [0.3, 0.4) is 0 Å². The van der Waals surface area contributed by atoms with Gasteiger partial charge in [-0.1, -0.05) is 17.3 Å². The summed E-state index contributed by atoms with van der Waals surface area (Å²) in [7, 11) is 0. The Bertz CT molecular complexity index is 869. The van der Waals surface area contributed by atoms with Gasteiger partial charge in [-0.3, -0.25) is 0 Å². The number of esters is 1. The van der Waals surface area contributed by atoms with Gasteiger partial charge in [0, 0.05) is 5.56 Å². The fourth-order valence-corrected chi connectivity index (χ4v) is 2.10. The van der Waals surface area contributed by atoms with E-state index in [2.05, 4.69) is 5.16 Å². The number of carbonyl (C=O) groups excluding carboxylic acids is 1. The van der Waals surface area contributed by atoms with Crippen molar-refractivity contribution in [1.82, 2.24) is 5.16 Å². The molecule has 0 aliphatic carbocycles. The fourth-order valence-electron chi connectivity index (χ4n) is 2.10. The topological polar surface area (TPSA) is 92.8 Å². The second kappa shape index (κ2) is 5.84. The van der Waals surface area contributed by atoms with Crippen LogP contribution < -0.4 is 4.74 Å². The summed E-state index contributed by atoms with van der Waals surface area (Å²) in [6, 6.07) is 10.6. The molecule has 0 spiro atoms. The van der Waals surface area contributed by atoms with E-state index in [0.29, 0.717) is 17.1 Å². The molecule has 0 saturated heterocycles. The summed E-state index contributed by atoms with van der Waals surface area (Å²) in [5, 5.41) is 22.5. The minimum atomic E-state index is -0.662. The Morgan fingerprint density at radius 1 is 1.13 bits per heavy atom. The van der Waals surface area contributed by atoms with Gasteiger partial charge in [0.15, 0.2) is 17.3 Å². The van der Waals surface area contributed by atoms with E-state index in [1.165, 1.54) is 12.1 Å². The van der Waals surface area contributed by atoms with Gasteiger partial charge in [-0.25, -0.2) is 4.79 Å². The molecule has 6 nitrogen and oxygen atoms in total. The third kappa shape index (κ3) is 2.87. The molecule has 6 heteroatoms. The molecule has 3 aromatic rings. The highest BCUT2D eigenvalue weighted by Crippen LogP contribution is 2.33. The number of benzene rings is 2. The highest BCUT2D eigenvalue weighted by atomic mass is 16.5. The van der Waals surface area contributed by atoms with Crippen LogP contribution in [0.1, 0.15) is 15.9 Å². The molecule has 0 aliphatic rings. The van der Waals surface area contributed by atoms with Gasteiger partial charge < -0.3 is 19.5 Å². The number of aromatic nitrogens is 1. The van der Waals surface area contributed by atoms with E-state index >= 15 is 0 Å². The third-order valence-electron chi connectivity index (χ3n) is 3.29. The van der Waals surface area contributed by atoms with E-state index in [1.807, 2.05) is 6.92 Å². The van der Waals surface area contributed by atoms with Crippen molar-refractivity contribution in [3.8, 4) is 28.6 Å². The van der Waals surface area contributed by atoms with Gasteiger partial charge in [0.25, 0.3) is 0 Å². The van der Waals surface area contributed by atoms with Crippen LogP contribution in [0.25, 0.3) is 11.3 Å². The minimum absolute atomic E-state index is 0.115. The number of nitrogens with zero attached hydrogens (tertiary/aromatic N) is 1. The number of phenolic OH excluding ortho intramolecular Hbond substituents is 2. The fraction of sp³-hybridized carbons (Fsp3) is 0.0588. The summed E-state index contributed by atoms with van der Waals surface area (Å²) in [6.45, 7) is 1.84. The number of para-hydroxylation sites is 1. The van der Waals surface area contributed by atoms with Gasteiger partial charge in [-0.2, -0.15) is 0 Å². The normalized spacial score (nSPS) is 10.5. The summed E-state index contributed by atoms with van der Waals surface area (Å²) in [5.74, 6) is -0.533. The quantitative estimate of drug-likeness (QED) is 0.438. The summed E-state index contributed by atoms with van der Waals surface area (Å²) >= 11 is 0. The zero-order chi connectivity index (χ0) is 16.4.